The molecule has 0 saturated heterocycles. The number of carbonyl (C=O) groups excluding carboxylic acids is 1. The van der Waals surface area contributed by atoms with Gasteiger partial charge in [0.15, 0.2) is 5.96 Å². The lowest BCUT2D eigenvalue weighted by Crippen LogP contribution is -2.58. The van der Waals surface area contributed by atoms with E-state index in [1.807, 2.05) is 24.3 Å². The number of carbonyl (C=O) groups is 1. The summed E-state index contributed by atoms with van der Waals surface area (Å²) in [5.41, 5.74) is 6.46. The third kappa shape index (κ3) is 2.89. The Labute approximate surface area is 170 Å². The zero-order valence-corrected chi connectivity index (χ0v) is 17.2. The molecule has 2 atom stereocenters. The average Bonchev–Trinajstić information content (AvgIpc) is 3.10. The largest absolute Gasteiger partial charge is 0.493 e. The monoisotopic (exact) mass is 395 g/mol. The lowest BCUT2D eigenvalue weighted by Gasteiger charge is -2.46. The van der Waals surface area contributed by atoms with Gasteiger partial charge in [0.2, 0.25) is 5.91 Å². The van der Waals surface area contributed by atoms with Crippen LogP contribution < -0.4 is 10.5 Å². The highest BCUT2D eigenvalue weighted by molar-refractivity contribution is 6.01. The molecule has 0 saturated carbocycles. The lowest BCUT2D eigenvalue weighted by atomic mass is 9.67. The second kappa shape index (κ2) is 6.58. The maximum atomic E-state index is 15.0. The molecule has 2 aromatic carbocycles. The number of amides is 1. The van der Waals surface area contributed by atoms with E-state index in [0.717, 1.165) is 11.3 Å². The summed E-state index contributed by atoms with van der Waals surface area (Å²) >= 11 is 0. The van der Waals surface area contributed by atoms with Crippen LogP contribution in [0.4, 0.5) is 4.39 Å². The maximum absolute atomic E-state index is 15.0. The third-order valence-corrected chi connectivity index (χ3v) is 6.57. The summed E-state index contributed by atoms with van der Waals surface area (Å²) in [7, 11) is 1.59. The van der Waals surface area contributed by atoms with Gasteiger partial charge in [0.1, 0.15) is 17.1 Å². The molecule has 0 radical (unpaired) electrons. The van der Waals surface area contributed by atoms with Gasteiger partial charge in [-0.05, 0) is 44.9 Å². The Morgan fingerprint density at radius 2 is 1.97 bits per heavy atom. The van der Waals surface area contributed by atoms with Gasteiger partial charge in [-0.15, -0.1) is 0 Å². The van der Waals surface area contributed by atoms with Crippen LogP contribution in [0.1, 0.15) is 43.4 Å². The number of rotatable bonds is 3. The highest BCUT2D eigenvalue weighted by Gasteiger charge is 2.53. The first kappa shape index (κ1) is 19.4. The number of nitrogens with zero attached hydrogens (tertiary/aromatic N) is 2. The first-order valence-corrected chi connectivity index (χ1v) is 9.79. The zero-order chi connectivity index (χ0) is 21.0. The van der Waals surface area contributed by atoms with E-state index >= 15 is 0 Å². The molecule has 2 aliphatic rings. The van der Waals surface area contributed by atoms with Gasteiger partial charge < -0.3 is 10.5 Å². The number of benzene rings is 2. The van der Waals surface area contributed by atoms with E-state index in [-0.39, 0.29) is 23.6 Å². The van der Waals surface area contributed by atoms with Gasteiger partial charge in [0.05, 0.1) is 12.0 Å². The Morgan fingerprint density at radius 3 is 2.72 bits per heavy atom. The molecule has 0 aromatic heterocycles. The van der Waals surface area contributed by atoms with Crippen molar-refractivity contribution in [3.05, 3.63) is 65.0 Å². The molecule has 1 amide bonds. The number of ether oxygens (including phenoxy) is 1. The van der Waals surface area contributed by atoms with Crippen LogP contribution in [0.2, 0.25) is 0 Å². The van der Waals surface area contributed by atoms with Gasteiger partial charge >= 0.3 is 0 Å². The molecule has 0 bridgehead atoms. The molecule has 2 aromatic rings. The van der Waals surface area contributed by atoms with Crippen molar-refractivity contribution in [3.63, 3.8) is 0 Å². The molecule has 2 heterocycles. The Kier molecular flexibility index (Phi) is 4.41. The minimum Gasteiger partial charge on any atom is -0.493 e. The molecule has 6 heteroatoms. The van der Waals surface area contributed by atoms with Gasteiger partial charge in [0, 0.05) is 24.1 Å². The van der Waals surface area contributed by atoms with Crippen molar-refractivity contribution < 1.29 is 13.9 Å². The molecule has 5 nitrogen and oxygen atoms in total. The average molecular weight is 395 g/mol. The van der Waals surface area contributed by atoms with E-state index in [2.05, 4.69) is 11.1 Å². The standard InChI is InChI=1S/C23H26FN3O2/c1-22(2)20(28)27(4)21(25)26-23(22,3)17-12-14(9-10-18(17)24)11-15-13-29-19-8-6-5-7-16(15)19/h5-10,12,15H,11,13H2,1-4H3,(H2,25,26)/t15?,23-/m1/s1. The summed E-state index contributed by atoms with van der Waals surface area (Å²) < 4.78 is 20.8. The molecule has 0 aliphatic carbocycles. The Balaban J connectivity index is 1.74. The molecule has 2 aliphatic heterocycles. The van der Waals surface area contributed by atoms with Crippen LogP contribution in [-0.2, 0) is 16.8 Å². The molecule has 2 N–H and O–H groups in total. The van der Waals surface area contributed by atoms with Crippen LogP contribution in [0, 0.1) is 11.2 Å². The smallest absolute Gasteiger partial charge is 0.237 e. The summed E-state index contributed by atoms with van der Waals surface area (Å²) in [5, 5.41) is 0. The molecule has 152 valence electrons. The summed E-state index contributed by atoms with van der Waals surface area (Å²) in [6.45, 7) is 5.95. The maximum Gasteiger partial charge on any atom is 0.237 e. The van der Waals surface area contributed by atoms with Crippen LogP contribution in [0.15, 0.2) is 47.5 Å². The third-order valence-electron chi connectivity index (χ3n) is 6.57. The number of nitrogens with two attached hydrogens (primary N) is 1. The first-order valence-electron chi connectivity index (χ1n) is 9.79. The van der Waals surface area contributed by atoms with Crippen LogP contribution >= 0.6 is 0 Å². The van der Waals surface area contributed by atoms with E-state index in [0.29, 0.717) is 18.6 Å². The topological polar surface area (TPSA) is 67.9 Å². The Bertz CT molecular complexity index is 1020. The second-order valence-corrected chi connectivity index (χ2v) is 8.60. The number of fused-ring (bicyclic) bond motifs is 1. The van der Waals surface area contributed by atoms with E-state index in [9.17, 15) is 9.18 Å². The van der Waals surface area contributed by atoms with Crippen molar-refractivity contribution in [2.24, 2.45) is 16.1 Å². The summed E-state index contributed by atoms with van der Waals surface area (Å²) in [4.78, 5) is 18.8. The number of hydrogen-bond donors (Lipinski definition) is 1. The second-order valence-electron chi connectivity index (χ2n) is 8.60. The van der Waals surface area contributed by atoms with Gasteiger partial charge in [-0.2, -0.15) is 0 Å². The number of halogens is 1. The first-order chi connectivity index (χ1) is 13.6. The van der Waals surface area contributed by atoms with Crippen LogP contribution in [0.5, 0.6) is 5.75 Å². The predicted molar refractivity (Wildman–Crippen MR) is 110 cm³/mol. The van der Waals surface area contributed by atoms with Crippen molar-refractivity contribution >= 4 is 11.9 Å². The summed E-state index contributed by atoms with van der Waals surface area (Å²) in [6, 6.07) is 13.1. The molecule has 4 rings (SSSR count). The Hall–Kier alpha value is -2.89. The zero-order valence-electron chi connectivity index (χ0n) is 17.2. The quantitative estimate of drug-likeness (QED) is 0.864. The summed E-state index contributed by atoms with van der Waals surface area (Å²) in [6.07, 6.45) is 0.716. The fraction of sp³-hybridized carbons (Fsp3) is 0.391. The summed E-state index contributed by atoms with van der Waals surface area (Å²) in [5.74, 6) is 0.640. The van der Waals surface area contributed by atoms with E-state index in [4.69, 9.17) is 10.5 Å². The number of hydrogen-bond acceptors (Lipinski definition) is 4. The minimum absolute atomic E-state index is 0.0970. The van der Waals surface area contributed by atoms with Gasteiger partial charge in [-0.1, -0.05) is 30.3 Å². The minimum atomic E-state index is -1.11. The molecule has 0 spiro atoms. The molecule has 1 unspecified atom stereocenters. The van der Waals surface area contributed by atoms with Crippen LogP contribution in [0.3, 0.4) is 0 Å². The van der Waals surface area contributed by atoms with E-state index < -0.39 is 11.0 Å². The fourth-order valence-corrected chi connectivity index (χ4v) is 4.33. The predicted octanol–water partition coefficient (Wildman–Crippen LogP) is 3.57. The van der Waals surface area contributed by atoms with E-state index in [1.54, 1.807) is 33.9 Å². The van der Waals surface area contributed by atoms with Gasteiger partial charge in [-0.25, -0.2) is 9.38 Å². The van der Waals surface area contributed by atoms with Crippen molar-refractivity contribution in [3.8, 4) is 5.75 Å². The molecule has 0 fully saturated rings. The normalized spacial score (nSPS) is 25.4. The van der Waals surface area contributed by atoms with Crippen molar-refractivity contribution in [2.45, 2.75) is 38.6 Å². The number of guanidine groups is 1. The SMILES string of the molecule is CN1C(=O)C(C)(C)[C@@](C)(c2cc(CC3COc4ccccc43)ccc2F)N=C1N. The van der Waals surface area contributed by atoms with Gasteiger partial charge in [-0.3, -0.25) is 9.69 Å². The van der Waals surface area contributed by atoms with Gasteiger partial charge in [0.25, 0.3) is 0 Å². The fourth-order valence-electron chi connectivity index (χ4n) is 4.33. The molecular weight excluding hydrogens is 369 g/mol. The van der Waals surface area contributed by atoms with Crippen molar-refractivity contribution in [2.75, 3.05) is 13.7 Å². The highest BCUT2D eigenvalue weighted by atomic mass is 19.1. The van der Waals surface area contributed by atoms with Crippen molar-refractivity contribution in [1.82, 2.24) is 4.90 Å². The number of aliphatic imine (C=N–C) groups is 1. The number of para-hydroxylation sites is 1. The van der Waals surface area contributed by atoms with Crippen LogP contribution in [-0.4, -0.2) is 30.4 Å². The molecule has 29 heavy (non-hydrogen) atoms. The van der Waals surface area contributed by atoms with E-state index in [1.165, 1.54) is 16.5 Å². The lowest BCUT2D eigenvalue weighted by molar-refractivity contribution is -0.140. The van der Waals surface area contributed by atoms with Crippen LogP contribution in [0.25, 0.3) is 0 Å². The Morgan fingerprint density at radius 1 is 1.24 bits per heavy atom. The molecular formula is C23H26FN3O2. The highest BCUT2D eigenvalue weighted by Crippen LogP contribution is 2.47. The van der Waals surface area contributed by atoms with Crippen molar-refractivity contribution in [1.29, 1.82) is 0 Å².